The molecule has 6 nitrogen and oxygen atoms in total. The van der Waals surface area contributed by atoms with Gasteiger partial charge >= 0.3 is 0 Å². The van der Waals surface area contributed by atoms with Crippen molar-refractivity contribution >= 4 is 0 Å². The van der Waals surface area contributed by atoms with E-state index in [-0.39, 0.29) is 0 Å². The molecule has 0 N–H and O–H groups in total. The monoisotopic (exact) mass is 262 g/mol. The van der Waals surface area contributed by atoms with Crippen molar-refractivity contribution in [3.05, 3.63) is 29.9 Å². The van der Waals surface area contributed by atoms with Gasteiger partial charge in [-0.1, -0.05) is 5.16 Å². The van der Waals surface area contributed by atoms with Crippen molar-refractivity contribution in [2.24, 2.45) is 0 Å². The maximum Gasteiger partial charge on any atom is 0.226 e. The summed E-state index contributed by atoms with van der Waals surface area (Å²) in [7, 11) is 0. The van der Waals surface area contributed by atoms with Crippen molar-refractivity contribution in [3.63, 3.8) is 0 Å². The van der Waals surface area contributed by atoms with E-state index in [1.165, 1.54) is 0 Å². The molecule has 1 atom stereocenters. The van der Waals surface area contributed by atoms with Gasteiger partial charge in [0.05, 0.1) is 6.61 Å². The highest BCUT2D eigenvalue weighted by Crippen LogP contribution is 2.22. The molecule has 2 aromatic heterocycles. The van der Waals surface area contributed by atoms with Gasteiger partial charge in [0.2, 0.25) is 5.89 Å². The van der Waals surface area contributed by atoms with E-state index >= 15 is 0 Å². The zero-order valence-corrected chi connectivity index (χ0v) is 11.1. The molecule has 3 heterocycles. The molecule has 0 amide bonds. The van der Waals surface area contributed by atoms with Crippen LogP contribution >= 0.6 is 0 Å². The maximum absolute atomic E-state index is 5.33. The molecule has 6 heteroatoms. The lowest BCUT2D eigenvalue weighted by molar-refractivity contribution is 0.192. The van der Waals surface area contributed by atoms with Crippen LogP contribution in [0.1, 0.15) is 36.3 Å². The number of aryl methyl sites for hydroxylation is 3. The van der Waals surface area contributed by atoms with Crippen molar-refractivity contribution in [2.75, 3.05) is 13.2 Å². The van der Waals surface area contributed by atoms with E-state index in [4.69, 9.17) is 9.26 Å². The molecule has 102 valence electrons. The van der Waals surface area contributed by atoms with Crippen LogP contribution in [0, 0.1) is 6.92 Å². The first-order valence-corrected chi connectivity index (χ1v) is 6.71. The minimum Gasteiger partial charge on any atom is -0.381 e. The van der Waals surface area contributed by atoms with Crippen LogP contribution in [0.5, 0.6) is 0 Å². The number of hydrogen-bond acceptors (Lipinski definition) is 5. The Bertz CT molecular complexity index is 528. The van der Waals surface area contributed by atoms with Gasteiger partial charge in [0.1, 0.15) is 5.82 Å². The Hall–Kier alpha value is -1.69. The van der Waals surface area contributed by atoms with Gasteiger partial charge in [-0.2, -0.15) is 4.98 Å². The second-order valence-corrected chi connectivity index (χ2v) is 4.88. The Kier molecular flexibility index (Phi) is 3.59. The zero-order chi connectivity index (χ0) is 13.1. The number of ether oxygens (including phenoxy) is 1. The Morgan fingerprint density at radius 2 is 2.42 bits per heavy atom. The minimum atomic E-state index is 0.313. The van der Waals surface area contributed by atoms with Gasteiger partial charge in [-0.05, 0) is 19.8 Å². The Balaban J connectivity index is 1.51. The van der Waals surface area contributed by atoms with Crippen LogP contribution < -0.4 is 0 Å². The second kappa shape index (κ2) is 5.52. The SMILES string of the molecule is Cc1nccn1CCCc1nc([C@@H]2CCOC2)no1. The number of aromatic nitrogens is 4. The van der Waals surface area contributed by atoms with Crippen LogP contribution in [-0.4, -0.2) is 32.9 Å². The van der Waals surface area contributed by atoms with E-state index in [2.05, 4.69) is 19.7 Å². The van der Waals surface area contributed by atoms with Gasteiger partial charge in [0.15, 0.2) is 5.82 Å². The predicted octanol–water partition coefficient (Wildman–Crippen LogP) is 1.71. The molecule has 0 unspecified atom stereocenters. The normalized spacial score (nSPS) is 19.1. The van der Waals surface area contributed by atoms with E-state index in [0.29, 0.717) is 12.5 Å². The summed E-state index contributed by atoms with van der Waals surface area (Å²) in [6.07, 6.45) is 6.58. The molecular weight excluding hydrogens is 244 g/mol. The van der Waals surface area contributed by atoms with Crippen LogP contribution in [0.15, 0.2) is 16.9 Å². The third-order valence-electron chi connectivity index (χ3n) is 3.49. The van der Waals surface area contributed by atoms with Gasteiger partial charge in [0.25, 0.3) is 0 Å². The minimum absolute atomic E-state index is 0.313. The highest BCUT2D eigenvalue weighted by atomic mass is 16.5. The number of imidazole rings is 1. The highest BCUT2D eigenvalue weighted by Gasteiger charge is 2.22. The van der Waals surface area contributed by atoms with Gasteiger partial charge < -0.3 is 13.8 Å². The molecule has 0 radical (unpaired) electrons. The van der Waals surface area contributed by atoms with Gasteiger partial charge in [-0.3, -0.25) is 0 Å². The van der Waals surface area contributed by atoms with Crippen LogP contribution in [0.25, 0.3) is 0 Å². The topological polar surface area (TPSA) is 66.0 Å². The molecule has 1 saturated heterocycles. The largest absolute Gasteiger partial charge is 0.381 e. The quantitative estimate of drug-likeness (QED) is 0.820. The third-order valence-corrected chi connectivity index (χ3v) is 3.49. The molecule has 0 spiro atoms. The fourth-order valence-corrected chi connectivity index (χ4v) is 2.31. The van der Waals surface area contributed by atoms with E-state index < -0.39 is 0 Å². The Morgan fingerprint density at radius 1 is 1.47 bits per heavy atom. The molecule has 0 bridgehead atoms. The molecule has 19 heavy (non-hydrogen) atoms. The highest BCUT2D eigenvalue weighted by molar-refractivity contribution is 4.97. The predicted molar refractivity (Wildman–Crippen MR) is 67.8 cm³/mol. The summed E-state index contributed by atoms with van der Waals surface area (Å²) in [5.41, 5.74) is 0. The summed E-state index contributed by atoms with van der Waals surface area (Å²) in [6.45, 7) is 4.45. The fraction of sp³-hybridized carbons (Fsp3) is 0.615. The molecule has 0 saturated carbocycles. The smallest absolute Gasteiger partial charge is 0.226 e. The molecular formula is C13H18N4O2. The van der Waals surface area contributed by atoms with Crippen molar-refractivity contribution < 1.29 is 9.26 Å². The summed E-state index contributed by atoms with van der Waals surface area (Å²) < 4.78 is 12.7. The van der Waals surface area contributed by atoms with E-state index in [1.54, 1.807) is 0 Å². The van der Waals surface area contributed by atoms with E-state index in [9.17, 15) is 0 Å². The number of rotatable bonds is 5. The van der Waals surface area contributed by atoms with Crippen molar-refractivity contribution in [3.8, 4) is 0 Å². The van der Waals surface area contributed by atoms with E-state index in [0.717, 1.165) is 50.0 Å². The first-order chi connectivity index (χ1) is 9.33. The lowest BCUT2D eigenvalue weighted by atomic mass is 10.1. The molecule has 1 aliphatic rings. The summed E-state index contributed by atoms with van der Waals surface area (Å²) in [5, 5.41) is 4.05. The van der Waals surface area contributed by atoms with Gasteiger partial charge in [0, 0.05) is 37.9 Å². The van der Waals surface area contributed by atoms with Crippen molar-refractivity contribution in [2.45, 2.75) is 38.6 Å². The number of hydrogen-bond donors (Lipinski definition) is 0. The Labute approximate surface area is 111 Å². The second-order valence-electron chi connectivity index (χ2n) is 4.88. The summed E-state index contributed by atoms with van der Waals surface area (Å²) in [6, 6.07) is 0. The molecule has 2 aromatic rings. The first-order valence-electron chi connectivity index (χ1n) is 6.71. The van der Waals surface area contributed by atoms with Crippen LogP contribution in [0.2, 0.25) is 0 Å². The third kappa shape index (κ3) is 2.84. The average Bonchev–Trinajstić information content (AvgIpc) is 3.11. The van der Waals surface area contributed by atoms with Gasteiger partial charge in [-0.15, -0.1) is 0 Å². The van der Waals surface area contributed by atoms with Crippen LogP contribution in [-0.2, 0) is 17.7 Å². The van der Waals surface area contributed by atoms with Crippen LogP contribution in [0.4, 0.5) is 0 Å². The van der Waals surface area contributed by atoms with E-state index in [1.807, 2.05) is 19.3 Å². The fourth-order valence-electron chi connectivity index (χ4n) is 2.31. The standard InChI is InChI=1S/C13H18N4O2/c1-10-14-5-7-17(10)6-2-3-12-15-13(16-19-12)11-4-8-18-9-11/h5,7,11H,2-4,6,8-9H2,1H3/t11-/m1/s1. The zero-order valence-electron chi connectivity index (χ0n) is 11.1. The van der Waals surface area contributed by atoms with Crippen LogP contribution in [0.3, 0.4) is 0 Å². The van der Waals surface area contributed by atoms with Crippen molar-refractivity contribution in [1.82, 2.24) is 19.7 Å². The molecule has 1 fully saturated rings. The first kappa shape index (κ1) is 12.3. The maximum atomic E-state index is 5.33. The molecule has 3 rings (SSSR count). The lowest BCUT2D eigenvalue weighted by Gasteiger charge is -2.02. The van der Waals surface area contributed by atoms with Gasteiger partial charge in [-0.25, -0.2) is 4.98 Å². The summed E-state index contributed by atoms with van der Waals surface area (Å²) in [4.78, 5) is 8.65. The molecule has 1 aliphatic heterocycles. The molecule has 0 aromatic carbocycles. The molecule has 0 aliphatic carbocycles. The lowest BCUT2D eigenvalue weighted by Crippen LogP contribution is -2.02. The summed E-state index contributed by atoms with van der Waals surface area (Å²) in [5.74, 6) is 2.87. The number of nitrogens with zero attached hydrogens (tertiary/aromatic N) is 4. The summed E-state index contributed by atoms with van der Waals surface area (Å²) >= 11 is 0. The Morgan fingerprint density at radius 3 is 3.16 bits per heavy atom. The van der Waals surface area contributed by atoms with Crippen molar-refractivity contribution in [1.29, 1.82) is 0 Å². The average molecular weight is 262 g/mol.